The van der Waals surface area contributed by atoms with Crippen LogP contribution in [0, 0.1) is 6.92 Å². The highest BCUT2D eigenvalue weighted by Crippen LogP contribution is 2.32. The molecule has 1 unspecified atom stereocenters. The molecule has 2 nitrogen and oxygen atoms in total. The van der Waals surface area contributed by atoms with Gasteiger partial charge in [0, 0.05) is 10.0 Å². The monoisotopic (exact) mass is 333 g/mol. The van der Waals surface area contributed by atoms with E-state index in [2.05, 4.69) is 71.5 Å². The van der Waals surface area contributed by atoms with E-state index in [0.717, 1.165) is 22.3 Å². The fourth-order valence-corrected chi connectivity index (χ4v) is 2.72. The van der Waals surface area contributed by atoms with Gasteiger partial charge in [0.25, 0.3) is 0 Å². The lowest BCUT2D eigenvalue weighted by Crippen LogP contribution is -2.22. The molecule has 0 saturated heterocycles. The van der Waals surface area contributed by atoms with Crippen LogP contribution in [-0.2, 0) is 0 Å². The second-order valence-corrected chi connectivity index (χ2v) is 5.71. The first-order chi connectivity index (χ1) is 9.65. The molecule has 2 aromatic carbocycles. The van der Waals surface area contributed by atoms with Gasteiger partial charge in [-0.15, -0.1) is 0 Å². The van der Waals surface area contributed by atoms with Crippen molar-refractivity contribution in [1.29, 1.82) is 0 Å². The molecule has 1 N–H and O–H groups in total. The van der Waals surface area contributed by atoms with Gasteiger partial charge in [-0.1, -0.05) is 58.7 Å². The molecule has 0 saturated carbocycles. The zero-order valence-electron chi connectivity index (χ0n) is 12.1. The number of ether oxygens (including phenoxy) is 1. The van der Waals surface area contributed by atoms with E-state index < -0.39 is 0 Å². The van der Waals surface area contributed by atoms with Crippen molar-refractivity contribution >= 4 is 15.9 Å². The summed E-state index contributed by atoms with van der Waals surface area (Å²) >= 11 is 3.49. The molecule has 3 heteroatoms. The van der Waals surface area contributed by atoms with Crippen LogP contribution in [0.15, 0.2) is 46.9 Å². The second kappa shape index (κ2) is 6.91. The van der Waals surface area contributed by atoms with Crippen LogP contribution in [0.1, 0.15) is 29.7 Å². The average Bonchev–Trinajstić information content (AvgIpc) is 2.45. The molecular weight excluding hydrogens is 314 g/mol. The molecule has 0 bridgehead atoms. The van der Waals surface area contributed by atoms with E-state index in [-0.39, 0.29) is 6.04 Å². The van der Waals surface area contributed by atoms with E-state index in [4.69, 9.17) is 4.74 Å². The molecule has 0 amide bonds. The minimum atomic E-state index is 0.142. The number of halogens is 1. The van der Waals surface area contributed by atoms with E-state index in [1.807, 2.05) is 6.07 Å². The van der Waals surface area contributed by atoms with Gasteiger partial charge in [0.1, 0.15) is 5.75 Å². The summed E-state index contributed by atoms with van der Waals surface area (Å²) in [5, 5.41) is 3.54. The number of aryl methyl sites for hydroxylation is 1. The van der Waals surface area contributed by atoms with Crippen molar-refractivity contribution in [1.82, 2.24) is 5.32 Å². The molecule has 0 aliphatic heterocycles. The van der Waals surface area contributed by atoms with Gasteiger partial charge in [0.05, 0.1) is 13.2 Å². The minimum absolute atomic E-state index is 0.142. The molecule has 0 radical (unpaired) electrons. The molecule has 1 atom stereocenters. The molecular formula is C17H20BrNO. The summed E-state index contributed by atoms with van der Waals surface area (Å²) < 4.78 is 6.56. The topological polar surface area (TPSA) is 21.3 Å². The summed E-state index contributed by atoms with van der Waals surface area (Å²) in [6, 6.07) is 14.9. The zero-order chi connectivity index (χ0) is 14.5. The number of hydrogen-bond donors (Lipinski definition) is 1. The van der Waals surface area contributed by atoms with Crippen LogP contribution in [-0.4, -0.2) is 13.7 Å². The van der Waals surface area contributed by atoms with Crippen LogP contribution in [0.4, 0.5) is 0 Å². The minimum Gasteiger partial charge on any atom is -0.496 e. The number of benzene rings is 2. The average molecular weight is 334 g/mol. The summed E-state index contributed by atoms with van der Waals surface area (Å²) in [4.78, 5) is 0. The second-order valence-electron chi connectivity index (χ2n) is 4.79. The lowest BCUT2D eigenvalue weighted by atomic mass is 9.96. The summed E-state index contributed by atoms with van der Waals surface area (Å²) in [6.45, 7) is 5.14. The number of nitrogens with one attached hydrogen (secondary N) is 1. The van der Waals surface area contributed by atoms with Gasteiger partial charge >= 0.3 is 0 Å². The van der Waals surface area contributed by atoms with E-state index in [1.54, 1.807) is 7.11 Å². The maximum atomic E-state index is 5.54. The molecule has 0 spiro atoms. The van der Waals surface area contributed by atoms with Crippen molar-refractivity contribution in [2.24, 2.45) is 0 Å². The van der Waals surface area contributed by atoms with Gasteiger partial charge in [-0.2, -0.15) is 0 Å². The Labute approximate surface area is 129 Å². The third-order valence-electron chi connectivity index (χ3n) is 3.29. The Hall–Kier alpha value is -1.32. The maximum absolute atomic E-state index is 5.54. The van der Waals surface area contributed by atoms with Gasteiger partial charge in [0.15, 0.2) is 0 Å². The third kappa shape index (κ3) is 3.41. The molecule has 20 heavy (non-hydrogen) atoms. The normalized spacial score (nSPS) is 12.2. The summed E-state index contributed by atoms with van der Waals surface area (Å²) in [5.41, 5.74) is 3.68. The first-order valence-electron chi connectivity index (χ1n) is 6.79. The number of methoxy groups -OCH3 is 1. The van der Waals surface area contributed by atoms with Crippen LogP contribution >= 0.6 is 15.9 Å². The smallest absolute Gasteiger partial charge is 0.125 e. The highest BCUT2D eigenvalue weighted by atomic mass is 79.9. The largest absolute Gasteiger partial charge is 0.496 e. The third-order valence-corrected chi connectivity index (χ3v) is 3.78. The Morgan fingerprint density at radius 1 is 1.20 bits per heavy atom. The fraction of sp³-hybridized carbons (Fsp3) is 0.294. The summed E-state index contributed by atoms with van der Waals surface area (Å²) in [7, 11) is 1.71. The van der Waals surface area contributed by atoms with Crippen LogP contribution in [0.2, 0.25) is 0 Å². The van der Waals surface area contributed by atoms with E-state index in [1.165, 1.54) is 11.1 Å². The summed E-state index contributed by atoms with van der Waals surface area (Å²) in [5.74, 6) is 0.895. The zero-order valence-corrected chi connectivity index (χ0v) is 13.7. The lowest BCUT2D eigenvalue weighted by Gasteiger charge is -2.22. The Bertz CT molecular complexity index is 583. The molecule has 0 aromatic heterocycles. The van der Waals surface area contributed by atoms with Crippen molar-refractivity contribution in [2.75, 3.05) is 13.7 Å². The Morgan fingerprint density at radius 3 is 2.65 bits per heavy atom. The van der Waals surface area contributed by atoms with Gasteiger partial charge in [-0.05, 0) is 31.2 Å². The maximum Gasteiger partial charge on any atom is 0.125 e. The Balaban J connectivity index is 2.48. The first-order valence-corrected chi connectivity index (χ1v) is 7.58. The van der Waals surface area contributed by atoms with Crippen molar-refractivity contribution < 1.29 is 4.74 Å². The Morgan fingerprint density at radius 2 is 2.00 bits per heavy atom. The van der Waals surface area contributed by atoms with E-state index in [9.17, 15) is 0 Å². The molecule has 0 fully saturated rings. The van der Waals surface area contributed by atoms with Crippen molar-refractivity contribution in [2.45, 2.75) is 19.9 Å². The van der Waals surface area contributed by atoms with E-state index >= 15 is 0 Å². The van der Waals surface area contributed by atoms with Crippen LogP contribution in [0.5, 0.6) is 5.75 Å². The van der Waals surface area contributed by atoms with Crippen LogP contribution < -0.4 is 10.1 Å². The number of rotatable bonds is 5. The first kappa shape index (κ1) is 15.1. The predicted octanol–water partition coefficient (Wildman–Crippen LogP) is 4.47. The van der Waals surface area contributed by atoms with Gasteiger partial charge in [-0.3, -0.25) is 0 Å². The van der Waals surface area contributed by atoms with Crippen molar-refractivity contribution in [3.63, 3.8) is 0 Å². The SMILES string of the molecule is CCNC(c1cccc(C)c1)c1ccc(Br)cc1OC. The molecule has 0 heterocycles. The van der Waals surface area contributed by atoms with Crippen LogP contribution in [0.3, 0.4) is 0 Å². The lowest BCUT2D eigenvalue weighted by molar-refractivity contribution is 0.404. The highest BCUT2D eigenvalue weighted by molar-refractivity contribution is 9.10. The standard InChI is InChI=1S/C17H20BrNO/c1-4-19-17(13-7-5-6-12(2)10-13)15-9-8-14(18)11-16(15)20-3/h5-11,17,19H,4H2,1-3H3. The van der Waals surface area contributed by atoms with Gasteiger partial charge in [-0.25, -0.2) is 0 Å². The Kier molecular flexibility index (Phi) is 5.21. The van der Waals surface area contributed by atoms with Crippen molar-refractivity contribution in [3.05, 3.63) is 63.6 Å². The molecule has 2 rings (SSSR count). The molecule has 0 aliphatic rings. The van der Waals surface area contributed by atoms with Gasteiger partial charge < -0.3 is 10.1 Å². The van der Waals surface area contributed by atoms with Crippen molar-refractivity contribution in [3.8, 4) is 5.75 Å². The van der Waals surface area contributed by atoms with Crippen LogP contribution in [0.25, 0.3) is 0 Å². The molecule has 0 aliphatic carbocycles. The summed E-state index contributed by atoms with van der Waals surface area (Å²) in [6.07, 6.45) is 0. The predicted molar refractivity (Wildman–Crippen MR) is 87.4 cm³/mol. The molecule has 106 valence electrons. The van der Waals surface area contributed by atoms with E-state index in [0.29, 0.717) is 0 Å². The highest BCUT2D eigenvalue weighted by Gasteiger charge is 2.17. The van der Waals surface area contributed by atoms with Gasteiger partial charge in [0.2, 0.25) is 0 Å². The fourth-order valence-electron chi connectivity index (χ4n) is 2.38. The molecule has 2 aromatic rings. The number of hydrogen-bond acceptors (Lipinski definition) is 2. The quantitative estimate of drug-likeness (QED) is 0.871.